The fraction of sp³-hybridized carbons (Fsp3) is 0.867. The van der Waals surface area contributed by atoms with Crippen molar-refractivity contribution in [1.82, 2.24) is 9.80 Å². The van der Waals surface area contributed by atoms with Crippen molar-refractivity contribution in [3.8, 4) is 0 Å². The lowest BCUT2D eigenvalue weighted by molar-refractivity contribution is -0.156. The number of aliphatic hydroxyl groups is 1. The van der Waals surface area contributed by atoms with Crippen molar-refractivity contribution < 1.29 is 14.7 Å². The van der Waals surface area contributed by atoms with Crippen LogP contribution in [0.3, 0.4) is 0 Å². The van der Waals surface area contributed by atoms with E-state index in [-0.39, 0.29) is 30.5 Å². The zero-order chi connectivity index (χ0) is 14.5. The average molecular weight is 282 g/mol. The lowest BCUT2D eigenvalue weighted by Crippen LogP contribution is -2.54. The Hall–Kier alpha value is -1.10. The van der Waals surface area contributed by atoms with Gasteiger partial charge < -0.3 is 14.9 Å². The Balaban J connectivity index is 2.02. The van der Waals surface area contributed by atoms with Crippen molar-refractivity contribution in [1.29, 1.82) is 0 Å². The Morgan fingerprint density at radius 2 is 1.60 bits per heavy atom. The molecule has 2 unspecified atom stereocenters. The van der Waals surface area contributed by atoms with E-state index in [4.69, 9.17) is 5.11 Å². The van der Waals surface area contributed by atoms with Crippen LogP contribution in [0.1, 0.15) is 51.9 Å². The van der Waals surface area contributed by atoms with Gasteiger partial charge in [0, 0.05) is 31.8 Å². The molecule has 2 saturated heterocycles. The smallest absolute Gasteiger partial charge is 0.312 e. The molecule has 0 spiro atoms. The summed E-state index contributed by atoms with van der Waals surface area (Å²) in [5.74, 6) is -0.709. The molecule has 2 amide bonds. The van der Waals surface area contributed by atoms with E-state index in [0.717, 1.165) is 38.5 Å². The topological polar surface area (TPSA) is 60.9 Å². The fourth-order valence-electron chi connectivity index (χ4n) is 3.36. The molecule has 2 fully saturated rings. The summed E-state index contributed by atoms with van der Waals surface area (Å²) in [7, 11) is 0. The third-order valence-corrected chi connectivity index (χ3v) is 4.60. The molecule has 0 aromatic rings. The molecule has 5 nitrogen and oxygen atoms in total. The van der Waals surface area contributed by atoms with Crippen LogP contribution < -0.4 is 0 Å². The Kier molecular flexibility index (Phi) is 5.40. The maximum absolute atomic E-state index is 12.5. The van der Waals surface area contributed by atoms with Gasteiger partial charge in [-0.15, -0.1) is 0 Å². The molecular weight excluding hydrogens is 256 g/mol. The van der Waals surface area contributed by atoms with Crippen LogP contribution in [0.5, 0.6) is 0 Å². The molecular formula is C15H26N2O3. The molecule has 5 heteroatoms. The van der Waals surface area contributed by atoms with Crippen LogP contribution in [-0.2, 0) is 9.59 Å². The van der Waals surface area contributed by atoms with E-state index in [1.807, 2.05) is 6.92 Å². The predicted octanol–water partition coefficient (Wildman–Crippen LogP) is 1.15. The number of carbonyl (C=O) groups is 2. The van der Waals surface area contributed by atoms with Crippen LogP contribution in [0.25, 0.3) is 0 Å². The second-order valence-electron chi connectivity index (χ2n) is 6.00. The molecule has 2 rings (SSSR count). The lowest BCUT2D eigenvalue weighted by Gasteiger charge is -2.38. The van der Waals surface area contributed by atoms with Gasteiger partial charge in [0.2, 0.25) is 0 Å². The summed E-state index contributed by atoms with van der Waals surface area (Å²) in [6.07, 6.45) is 6.61. The minimum Gasteiger partial charge on any atom is -0.396 e. The maximum atomic E-state index is 12.5. The first kappa shape index (κ1) is 15.3. The summed E-state index contributed by atoms with van der Waals surface area (Å²) in [6.45, 7) is 3.44. The third kappa shape index (κ3) is 3.32. The number of rotatable bonds is 2. The summed E-state index contributed by atoms with van der Waals surface area (Å²) < 4.78 is 0. The second-order valence-corrected chi connectivity index (χ2v) is 6.00. The van der Waals surface area contributed by atoms with Crippen molar-refractivity contribution in [3.05, 3.63) is 0 Å². The van der Waals surface area contributed by atoms with Crippen LogP contribution in [0.15, 0.2) is 0 Å². The monoisotopic (exact) mass is 282 g/mol. The van der Waals surface area contributed by atoms with Crippen LogP contribution in [0.4, 0.5) is 0 Å². The van der Waals surface area contributed by atoms with Crippen LogP contribution in [0.2, 0.25) is 0 Å². The number of piperidine rings is 2. The number of hydrogen-bond acceptors (Lipinski definition) is 3. The number of likely N-dealkylation sites (tertiary alicyclic amines) is 2. The second kappa shape index (κ2) is 7.07. The van der Waals surface area contributed by atoms with Crippen molar-refractivity contribution in [2.24, 2.45) is 0 Å². The molecule has 0 bridgehead atoms. The van der Waals surface area contributed by atoms with Gasteiger partial charge in [0.25, 0.3) is 0 Å². The predicted molar refractivity (Wildman–Crippen MR) is 76.1 cm³/mol. The highest BCUT2D eigenvalue weighted by Gasteiger charge is 2.35. The van der Waals surface area contributed by atoms with Crippen molar-refractivity contribution in [2.45, 2.75) is 64.0 Å². The molecule has 1 N–H and O–H groups in total. The zero-order valence-electron chi connectivity index (χ0n) is 12.4. The number of amides is 2. The maximum Gasteiger partial charge on any atom is 0.312 e. The molecule has 0 aliphatic carbocycles. The van der Waals surface area contributed by atoms with Crippen molar-refractivity contribution in [2.75, 3.05) is 19.7 Å². The van der Waals surface area contributed by atoms with E-state index in [9.17, 15) is 9.59 Å². The van der Waals surface area contributed by atoms with Gasteiger partial charge >= 0.3 is 11.8 Å². The largest absolute Gasteiger partial charge is 0.396 e. The average Bonchev–Trinajstić information content (AvgIpc) is 2.47. The van der Waals surface area contributed by atoms with E-state index in [0.29, 0.717) is 19.5 Å². The van der Waals surface area contributed by atoms with Gasteiger partial charge in [-0.2, -0.15) is 0 Å². The standard InChI is InChI=1S/C15H26N2O3/c1-12-6-2-4-9-16(12)14(19)15(20)17-10-5-3-7-13(17)8-11-18/h12-13,18H,2-11H2,1H3. The first-order chi connectivity index (χ1) is 9.65. The molecule has 20 heavy (non-hydrogen) atoms. The minimum absolute atomic E-state index is 0.0327. The Labute approximate surface area is 120 Å². The van der Waals surface area contributed by atoms with Crippen LogP contribution in [-0.4, -0.2) is 58.5 Å². The van der Waals surface area contributed by atoms with Gasteiger partial charge in [0.15, 0.2) is 0 Å². The number of nitrogens with zero attached hydrogens (tertiary/aromatic N) is 2. The highest BCUT2D eigenvalue weighted by molar-refractivity contribution is 6.35. The summed E-state index contributed by atoms with van der Waals surface area (Å²) in [5, 5.41) is 9.11. The fourth-order valence-corrected chi connectivity index (χ4v) is 3.36. The molecule has 0 aromatic heterocycles. The molecule has 2 heterocycles. The number of hydrogen-bond donors (Lipinski definition) is 1. The third-order valence-electron chi connectivity index (χ3n) is 4.60. The molecule has 0 radical (unpaired) electrons. The molecule has 0 saturated carbocycles. The van der Waals surface area contributed by atoms with E-state index in [2.05, 4.69) is 0 Å². The summed E-state index contributed by atoms with van der Waals surface area (Å²) in [5.41, 5.74) is 0. The van der Waals surface area contributed by atoms with Gasteiger partial charge in [-0.1, -0.05) is 0 Å². The minimum atomic E-state index is -0.364. The Morgan fingerprint density at radius 3 is 2.25 bits per heavy atom. The molecule has 114 valence electrons. The van der Waals surface area contributed by atoms with Crippen molar-refractivity contribution >= 4 is 11.8 Å². The molecule has 0 aromatic carbocycles. The van der Waals surface area contributed by atoms with Crippen molar-refractivity contribution in [3.63, 3.8) is 0 Å². The van der Waals surface area contributed by atoms with Crippen LogP contribution in [0, 0.1) is 0 Å². The van der Waals surface area contributed by atoms with E-state index >= 15 is 0 Å². The molecule has 2 aliphatic heterocycles. The highest BCUT2D eigenvalue weighted by atomic mass is 16.3. The normalized spacial score (nSPS) is 27.5. The quantitative estimate of drug-likeness (QED) is 0.773. The molecule has 2 atom stereocenters. The van der Waals surface area contributed by atoms with Gasteiger partial charge in [-0.05, 0) is 51.9 Å². The first-order valence-corrected chi connectivity index (χ1v) is 7.87. The van der Waals surface area contributed by atoms with Crippen LogP contribution >= 0.6 is 0 Å². The Morgan fingerprint density at radius 1 is 1.00 bits per heavy atom. The van der Waals surface area contributed by atoms with E-state index in [1.54, 1.807) is 9.80 Å². The summed E-state index contributed by atoms with van der Waals surface area (Å²) >= 11 is 0. The highest BCUT2D eigenvalue weighted by Crippen LogP contribution is 2.22. The lowest BCUT2D eigenvalue weighted by atomic mass is 9.99. The number of aliphatic hydroxyl groups excluding tert-OH is 1. The molecule has 2 aliphatic rings. The first-order valence-electron chi connectivity index (χ1n) is 7.87. The van der Waals surface area contributed by atoms with Gasteiger partial charge in [-0.25, -0.2) is 0 Å². The van der Waals surface area contributed by atoms with E-state index in [1.165, 1.54) is 0 Å². The van der Waals surface area contributed by atoms with E-state index < -0.39 is 0 Å². The Bertz CT molecular complexity index is 357. The zero-order valence-corrected chi connectivity index (χ0v) is 12.4. The summed E-state index contributed by atoms with van der Waals surface area (Å²) in [6, 6.07) is 0.201. The van der Waals surface area contributed by atoms with Gasteiger partial charge in [0.05, 0.1) is 0 Å². The van der Waals surface area contributed by atoms with Gasteiger partial charge in [-0.3, -0.25) is 9.59 Å². The van der Waals surface area contributed by atoms with Gasteiger partial charge in [0.1, 0.15) is 0 Å². The summed E-state index contributed by atoms with van der Waals surface area (Å²) in [4.78, 5) is 28.3. The number of carbonyl (C=O) groups excluding carboxylic acids is 2. The SMILES string of the molecule is CC1CCCCN1C(=O)C(=O)N1CCCCC1CCO.